The first-order valence-electron chi connectivity index (χ1n) is 6.64. The van der Waals surface area contributed by atoms with Crippen LogP contribution in [0, 0.1) is 11.3 Å². The lowest BCUT2D eigenvalue weighted by Crippen LogP contribution is -2.50. The van der Waals surface area contributed by atoms with Gasteiger partial charge >= 0.3 is 0 Å². The molecule has 17 heavy (non-hydrogen) atoms. The lowest BCUT2D eigenvalue weighted by Gasteiger charge is -2.43. The summed E-state index contributed by atoms with van der Waals surface area (Å²) >= 11 is 0. The van der Waals surface area contributed by atoms with E-state index in [0.29, 0.717) is 5.92 Å². The highest BCUT2D eigenvalue weighted by atomic mass is 16.3. The van der Waals surface area contributed by atoms with Gasteiger partial charge in [0.25, 0.3) is 0 Å². The second-order valence-electron chi connectivity index (χ2n) is 6.51. The van der Waals surface area contributed by atoms with Crippen LogP contribution in [0.1, 0.15) is 46.5 Å². The Labute approximate surface area is 105 Å². The molecule has 1 aliphatic rings. The molecular formula is C14H27NO2. The minimum absolute atomic E-state index is 0.119. The molecule has 0 aromatic heterocycles. The van der Waals surface area contributed by atoms with Crippen LogP contribution < -0.4 is 0 Å². The van der Waals surface area contributed by atoms with Gasteiger partial charge in [-0.15, -0.1) is 0 Å². The maximum absolute atomic E-state index is 11.5. The Morgan fingerprint density at radius 1 is 1.53 bits per heavy atom. The number of carbonyl (C=O) groups excluding carboxylic acids is 1. The molecule has 1 N–H and O–H groups in total. The molecule has 0 aromatic rings. The summed E-state index contributed by atoms with van der Waals surface area (Å²) in [5.74, 6) is 0.639. The van der Waals surface area contributed by atoms with E-state index in [2.05, 4.69) is 11.8 Å². The van der Waals surface area contributed by atoms with E-state index in [0.717, 1.165) is 32.1 Å². The van der Waals surface area contributed by atoms with Crippen molar-refractivity contribution in [3.8, 4) is 0 Å². The van der Waals surface area contributed by atoms with Crippen molar-refractivity contribution in [1.29, 1.82) is 0 Å². The number of carbonyl (C=O) groups is 1. The summed E-state index contributed by atoms with van der Waals surface area (Å²) in [5, 5.41) is 9.37. The molecule has 3 nitrogen and oxygen atoms in total. The number of aliphatic hydroxyl groups excluding tert-OH is 1. The molecule has 1 fully saturated rings. The van der Waals surface area contributed by atoms with Gasteiger partial charge in [-0.25, -0.2) is 0 Å². The molecule has 1 saturated carbocycles. The minimum Gasteiger partial charge on any atom is -0.394 e. The molecule has 0 spiro atoms. The molecule has 0 aliphatic heterocycles. The van der Waals surface area contributed by atoms with Crippen LogP contribution in [0.3, 0.4) is 0 Å². The number of hydrogen-bond donors (Lipinski definition) is 1. The van der Waals surface area contributed by atoms with Crippen molar-refractivity contribution >= 4 is 6.29 Å². The molecule has 2 atom stereocenters. The molecule has 0 radical (unpaired) electrons. The molecule has 0 saturated heterocycles. The summed E-state index contributed by atoms with van der Waals surface area (Å²) in [6.07, 6.45) is 5.53. The van der Waals surface area contributed by atoms with Crippen molar-refractivity contribution in [2.24, 2.45) is 11.3 Å². The summed E-state index contributed by atoms with van der Waals surface area (Å²) in [7, 11) is 2.00. The van der Waals surface area contributed by atoms with Gasteiger partial charge in [-0.3, -0.25) is 4.90 Å². The maximum Gasteiger partial charge on any atom is 0.127 e. The van der Waals surface area contributed by atoms with Crippen molar-refractivity contribution in [1.82, 2.24) is 4.90 Å². The fourth-order valence-corrected chi connectivity index (χ4v) is 2.80. The predicted molar refractivity (Wildman–Crippen MR) is 69.9 cm³/mol. The number of hydrogen-bond acceptors (Lipinski definition) is 3. The third-order valence-electron chi connectivity index (χ3n) is 4.35. The van der Waals surface area contributed by atoms with Crippen LogP contribution in [-0.2, 0) is 4.79 Å². The Morgan fingerprint density at radius 2 is 2.18 bits per heavy atom. The minimum atomic E-state index is -0.253. The monoisotopic (exact) mass is 241 g/mol. The van der Waals surface area contributed by atoms with E-state index < -0.39 is 0 Å². The first kappa shape index (κ1) is 14.7. The molecule has 0 heterocycles. The van der Waals surface area contributed by atoms with Crippen molar-refractivity contribution in [3.63, 3.8) is 0 Å². The highest BCUT2D eigenvalue weighted by molar-refractivity contribution is 5.60. The van der Waals surface area contributed by atoms with Gasteiger partial charge in [0.1, 0.15) is 6.29 Å². The molecule has 2 unspecified atom stereocenters. The molecule has 1 aliphatic carbocycles. The second kappa shape index (κ2) is 5.49. The highest BCUT2D eigenvalue weighted by Gasteiger charge is 2.38. The summed E-state index contributed by atoms with van der Waals surface area (Å²) in [6, 6.07) is 0. The Balaban J connectivity index is 2.72. The van der Waals surface area contributed by atoms with Gasteiger partial charge in [-0.1, -0.05) is 19.8 Å². The molecule has 0 amide bonds. The van der Waals surface area contributed by atoms with E-state index in [4.69, 9.17) is 0 Å². The van der Waals surface area contributed by atoms with Gasteiger partial charge in [0.15, 0.2) is 0 Å². The first-order valence-corrected chi connectivity index (χ1v) is 6.64. The van der Waals surface area contributed by atoms with Gasteiger partial charge in [-0.05, 0) is 39.7 Å². The fraction of sp³-hybridized carbons (Fsp3) is 0.929. The van der Waals surface area contributed by atoms with E-state index in [1.54, 1.807) is 0 Å². The number of aliphatic hydroxyl groups is 1. The van der Waals surface area contributed by atoms with Crippen molar-refractivity contribution in [3.05, 3.63) is 0 Å². The van der Waals surface area contributed by atoms with Crippen LogP contribution in [0.15, 0.2) is 0 Å². The number of nitrogens with zero attached hydrogens (tertiary/aromatic N) is 1. The van der Waals surface area contributed by atoms with Gasteiger partial charge < -0.3 is 9.90 Å². The quantitative estimate of drug-likeness (QED) is 0.749. The van der Waals surface area contributed by atoms with E-state index in [9.17, 15) is 9.90 Å². The smallest absolute Gasteiger partial charge is 0.127 e. The Bertz CT molecular complexity index is 265. The number of aldehydes is 1. The SMILES string of the molecule is CC1CCCC(C=O)(CN(C)C(C)(C)CO)C1. The van der Waals surface area contributed by atoms with Crippen molar-refractivity contribution in [2.75, 3.05) is 20.2 Å². The average molecular weight is 241 g/mol. The molecule has 3 heteroatoms. The Kier molecular flexibility index (Phi) is 4.73. The van der Waals surface area contributed by atoms with Gasteiger partial charge in [-0.2, -0.15) is 0 Å². The lowest BCUT2D eigenvalue weighted by molar-refractivity contribution is -0.121. The van der Waals surface area contributed by atoms with Crippen LogP contribution >= 0.6 is 0 Å². The normalized spacial score (nSPS) is 30.6. The van der Waals surface area contributed by atoms with Crippen LogP contribution in [0.2, 0.25) is 0 Å². The number of likely N-dealkylation sites (N-methyl/N-ethyl adjacent to an activating group) is 1. The Morgan fingerprint density at radius 3 is 2.65 bits per heavy atom. The first-order chi connectivity index (χ1) is 7.85. The van der Waals surface area contributed by atoms with Gasteiger partial charge in [0.05, 0.1) is 6.61 Å². The number of rotatable bonds is 5. The summed E-state index contributed by atoms with van der Waals surface area (Å²) in [5.41, 5.74) is -0.449. The summed E-state index contributed by atoms with van der Waals surface area (Å²) in [4.78, 5) is 13.6. The molecule has 0 bridgehead atoms. The third kappa shape index (κ3) is 3.52. The van der Waals surface area contributed by atoms with E-state index in [1.807, 2.05) is 20.9 Å². The van der Waals surface area contributed by atoms with Gasteiger partial charge in [0.2, 0.25) is 0 Å². The van der Waals surface area contributed by atoms with Crippen LogP contribution in [-0.4, -0.2) is 42.0 Å². The third-order valence-corrected chi connectivity index (χ3v) is 4.35. The fourth-order valence-electron chi connectivity index (χ4n) is 2.80. The van der Waals surface area contributed by atoms with Crippen LogP contribution in [0.5, 0.6) is 0 Å². The molecule has 0 aromatic carbocycles. The van der Waals surface area contributed by atoms with E-state index in [-0.39, 0.29) is 17.6 Å². The zero-order valence-electron chi connectivity index (χ0n) is 11.7. The standard InChI is InChI=1S/C14H27NO2/c1-12-6-5-7-14(8-12,11-17)9-15(4)13(2,3)10-16/h11-12,16H,5-10H2,1-4H3. The average Bonchev–Trinajstić information content (AvgIpc) is 2.29. The highest BCUT2D eigenvalue weighted by Crippen LogP contribution is 2.39. The second-order valence-corrected chi connectivity index (χ2v) is 6.51. The van der Waals surface area contributed by atoms with E-state index >= 15 is 0 Å². The summed E-state index contributed by atoms with van der Waals surface area (Å²) in [6.45, 7) is 7.13. The van der Waals surface area contributed by atoms with Gasteiger partial charge in [0, 0.05) is 17.5 Å². The predicted octanol–water partition coefficient (Wildman–Crippen LogP) is 2.08. The van der Waals surface area contributed by atoms with Crippen molar-refractivity contribution < 1.29 is 9.90 Å². The van der Waals surface area contributed by atoms with Crippen molar-refractivity contribution in [2.45, 2.75) is 52.0 Å². The summed E-state index contributed by atoms with van der Waals surface area (Å²) < 4.78 is 0. The molecular weight excluding hydrogens is 214 g/mol. The largest absolute Gasteiger partial charge is 0.394 e. The maximum atomic E-state index is 11.5. The molecule has 1 rings (SSSR count). The zero-order valence-corrected chi connectivity index (χ0v) is 11.7. The Hall–Kier alpha value is -0.410. The lowest BCUT2D eigenvalue weighted by atomic mass is 9.70. The topological polar surface area (TPSA) is 40.5 Å². The zero-order chi connectivity index (χ0) is 13.1. The van der Waals surface area contributed by atoms with E-state index in [1.165, 1.54) is 6.42 Å². The molecule has 100 valence electrons. The van der Waals surface area contributed by atoms with Crippen LogP contribution in [0.25, 0.3) is 0 Å². The van der Waals surface area contributed by atoms with Crippen LogP contribution in [0.4, 0.5) is 0 Å².